The molecule has 0 aliphatic heterocycles. The van der Waals surface area contributed by atoms with Gasteiger partial charge in [-0.3, -0.25) is 4.79 Å². The number of hydrogen-bond donors (Lipinski definition) is 1. The van der Waals surface area contributed by atoms with Crippen LogP contribution >= 0.6 is 0 Å². The molecule has 2 N–H and O–H groups in total. The number of aromatic nitrogens is 2. The minimum Gasteiger partial charge on any atom is -0.493 e. The summed E-state index contributed by atoms with van der Waals surface area (Å²) >= 11 is 0. The number of hydrogen-bond acceptors (Lipinski definition) is 6. The van der Waals surface area contributed by atoms with Gasteiger partial charge >= 0.3 is 5.97 Å². The second kappa shape index (κ2) is 11.1. The van der Waals surface area contributed by atoms with E-state index in [1.807, 2.05) is 42.5 Å². The van der Waals surface area contributed by atoms with E-state index in [-0.39, 0.29) is 0 Å². The first kappa shape index (κ1) is 24.3. The minimum absolute atomic E-state index is 0.495. The van der Waals surface area contributed by atoms with Crippen molar-refractivity contribution < 1.29 is 23.8 Å². The average molecular weight is 484 g/mol. The van der Waals surface area contributed by atoms with Gasteiger partial charge in [-0.05, 0) is 36.4 Å². The predicted molar refractivity (Wildman–Crippen MR) is 136 cm³/mol. The van der Waals surface area contributed by atoms with Crippen LogP contribution in [0.2, 0.25) is 0 Å². The number of benzene rings is 3. The molecule has 4 rings (SSSR count). The van der Waals surface area contributed by atoms with Crippen LogP contribution in [0, 0.1) is 0 Å². The molecule has 4 aromatic rings. The molecule has 8 nitrogen and oxygen atoms in total. The number of rotatable bonds is 9. The number of amides is 1. The van der Waals surface area contributed by atoms with Crippen molar-refractivity contribution in [1.82, 2.24) is 9.78 Å². The molecule has 1 amide bonds. The average Bonchev–Trinajstić information content (AvgIpc) is 3.35. The van der Waals surface area contributed by atoms with Crippen molar-refractivity contribution in [3.63, 3.8) is 0 Å². The molecule has 1 atom stereocenters. The fourth-order valence-electron chi connectivity index (χ4n) is 3.66. The number of para-hydroxylation sites is 1. The Balaban J connectivity index is 1.67. The Bertz CT molecular complexity index is 1380. The summed E-state index contributed by atoms with van der Waals surface area (Å²) in [6, 6.07) is 23.6. The van der Waals surface area contributed by atoms with Crippen LogP contribution in [0.5, 0.6) is 11.5 Å². The van der Waals surface area contributed by atoms with Crippen molar-refractivity contribution in [3.05, 3.63) is 102 Å². The van der Waals surface area contributed by atoms with E-state index in [2.05, 4.69) is 0 Å². The third kappa shape index (κ3) is 5.44. The highest BCUT2D eigenvalue weighted by atomic mass is 16.5. The van der Waals surface area contributed by atoms with Crippen LogP contribution in [0.4, 0.5) is 0 Å². The number of nitrogens with zero attached hydrogens (tertiary/aromatic N) is 2. The second-order valence-corrected chi connectivity index (χ2v) is 7.75. The van der Waals surface area contributed by atoms with Gasteiger partial charge in [-0.25, -0.2) is 9.48 Å². The first-order valence-corrected chi connectivity index (χ1v) is 11.1. The van der Waals surface area contributed by atoms with Gasteiger partial charge in [0.2, 0.25) is 6.10 Å². The molecular weight excluding hydrogens is 458 g/mol. The summed E-state index contributed by atoms with van der Waals surface area (Å²) in [4.78, 5) is 24.5. The Morgan fingerprint density at radius 2 is 1.58 bits per heavy atom. The van der Waals surface area contributed by atoms with E-state index in [1.54, 1.807) is 67.6 Å². The van der Waals surface area contributed by atoms with Gasteiger partial charge in [0.1, 0.15) is 5.69 Å². The van der Waals surface area contributed by atoms with Crippen LogP contribution in [-0.2, 0) is 14.3 Å². The number of esters is 1. The zero-order valence-corrected chi connectivity index (χ0v) is 19.8. The van der Waals surface area contributed by atoms with Gasteiger partial charge in [0.05, 0.1) is 19.9 Å². The molecule has 0 aliphatic carbocycles. The van der Waals surface area contributed by atoms with Crippen LogP contribution < -0.4 is 15.2 Å². The maximum absolute atomic E-state index is 12.6. The van der Waals surface area contributed by atoms with Gasteiger partial charge < -0.3 is 19.9 Å². The Kier molecular flexibility index (Phi) is 7.45. The van der Waals surface area contributed by atoms with Gasteiger partial charge in [0.25, 0.3) is 5.91 Å². The second-order valence-electron chi connectivity index (χ2n) is 7.75. The van der Waals surface area contributed by atoms with Gasteiger partial charge in [0, 0.05) is 29.0 Å². The van der Waals surface area contributed by atoms with Gasteiger partial charge in [-0.15, -0.1) is 0 Å². The topological polar surface area (TPSA) is 106 Å². The SMILES string of the molecule is COc1ccc(-c2nn(-c3ccccc3)cc2/C=C/C(=O)OC(C(N)=O)c2ccccc2)cc1OC. The monoisotopic (exact) mass is 483 g/mol. The zero-order chi connectivity index (χ0) is 25.5. The molecular formula is C28H25N3O5. The first-order chi connectivity index (χ1) is 17.5. The lowest BCUT2D eigenvalue weighted by Gasteiger charge is -2.13. The molecule has 0 radical (unpaired) electrons. The fourth-order valence-corrected chi connectivity index (χ4v) is 3.66. The lowest BCUT2D eigenvalue weighted by Crippen LogP contribution is -2.25. The summed E-state index contributed by atoms with van der Waals surface area (Å²) in [6.07, 6.45) is 3.44. The summed E-state index contributed by atoms with van der Waals surface area (Å²) in [5.74, 6) is -0.340. The van der Waals surface area contributed by atoms with Crippen molar-refractivity contribution in [3.8, 4) is 28.4 Å². The third-order valence-electron chi connectivity index (χ3n) is 5.41. The van der Waals surface area contributed by atoms with E-state index in [9.17, 15) is 9.59 Å². The molecule has 182 valence electrons. The third-order valence-corrected chi connectivity index (χ3v) is 5.41. The van der Waals surface area contributed by atoms with Crippen LogP contribution in [0.3, 0.4) is 0 Å². The predicted octanol–water partition coefficient (Wildman–Crippen LogP) is 4.34. The van der Waals surface area contributed by atoms with Crippen molar-refractivity contribution in [2.24, 2.45) is 5.73 Å². The molecule has 0 aliphatic rings. The first-order valence-electron chi connectivity index (χ1n) is 11.1. The van der Waals surface area contributed by atoms with Gasteiger partial charge in [-0.1, -0.05) is 48.5 Å². The van der Waals surface area contributed by atoms with Gasteiger partial charge in [-0.2, -0.15) is 5.10 Å². The summed E-state index contributed by atoms with van der Waals surface area (Å²) in [6.45, 7) is 0. The molecule has 0 fully saturated rings. The molecule has 1 unspecified atom stereocenters. The Labute approximate surface area is 208 Å². The van der Waals surface area contributed by atoms with Gasteiger partial charge in [0.15, 0.2) is 11.5 Å². The zero-order valence-electron chi connectivity index (χ0n) is 19.8. The summed E-state index contributed by atoms with van der Waals surface area (Å²) in [5, 5.41) is 4.74. The number of methoxy groups -OCH3 is 2. The molecule has 8 heteroatoms. The van der Waals surface area contributed by atoms with Crippen LogP contribution in [0.1, 0.15) is 17.2 Å². The highest BCUT2D eigenvalue weighted by molar-refractivity contribution is 5.91. The molecule has 0 saturated carbocycles. The summed E-state index contributed by atoms with van der Waals surface area (Å²) in [7, 11) is 3.12. The fraction of sp³-hybridized carbons (Fsp3) is 0.107. The molecule has 1 aromatic heterocycles. The maximum Gasteiger partial charge on any atom is 0.331 e. The highest BCUT2D eigenvalue weighted by Gasteiger charge is 2.21. The minimum atomic E-state index is -1.19. The molecule has 0 saturated heterocycles. The van der Waals surface area contributed by atoms with Crippen LogP contribution in [-0.4, -0.2) is 35.9 Å². The lowest BCUT2D eigenvalue weighted by molar-refractivity contribution is -0.150. The van der Waals surface area contributed by atoms with Crippen molar-refractivity contribution in [1.29, 1.82) is 0 Å². The van der Waals surface area contributed by atoms with Crippen molar-refractivity contribution in [2.75, 3.05) is 14.2 Å². The Morgan fingerprint density at radius 3 is 2.22 bits per heavy atom. The number of carbonyl (C=O) groups is 2. The van der Waals surface area contributed by atoms with Crippen molar-refractivity contribution in [2.45, 2.75) is 6.10 Å². The summed E-state index contributed by atoms with van der Waals surface area (Å²) in [5.41, 5.74) is 8.83. The van der Waals surface area contributed by atoms with E-state index in [0.717, 1.165) is 11.3 Å². The van der Waals surface area contributed by atoms with E-state index in [0.29, 0.717) is 28.3 Å². The lowest BCUT2D eigenvalue weighted by atomic mass is 10.1. The molecule has 0 bridgehead atoms. The molecule has 1 heterocycles. The van der Waals surface area contributed by atoms with E-state index >= 15 is 0 Å². The number of carbonyl (C=O) groups excluding carboxylic acids is 2. The normalized spacial score (nSPS) is 11.7. The maximum atomic E-state index is 12.6. The number of ether oxygens (including phenoxy) is 3. The standard InChI is InChI=1S/C28H25N3O5/c1-34-23-15-13-20(17-24(23)35-2)26-21(18-31(30-26)22-11-7-4-8-12-22)14-16-25(32)36-27(28(29)33)19-9-5-3-6-10-19/h3-18,27H,1-2H3,(H2,29,33)/b16-14+. The smallest absolute Gasteiger partial charge is 0.331 e. The van der Waals surface area contributed by atoms with E-state index in [1.165, 1.54) is 6.08 Å². The van der Waals surface area contributed by atoms with Crippen LogP contribution in [0.15, 0.2) is 91.1 Å². The van der Waals surface area contributed by atoms with E-state index in [4.69, 9.17) is 25.0 Å². The quantitative estimate of drug-likeness (QED) is 0.280. The number of nitrogens with two attached hydrogens (primary N) is 1. The van der Waals surface area contributed by atoms with Crippen LogP contribution in [0.25, 0.3) is 23.0 Å². The Morgan fingerprint density at radius 1 is 0.917 bits per heavy atom. The van der Waals surface area contributed by atoms with E-state index < -0.39 is 18.0 Å². The largest absolute Gasteiger partial charge is 0.493 e. The number of primary amides is 1. The van der Waals surface area contributed by atoms with Crippen molar-refractivity contribution >= 4 is 18.0 Å². The highest BCUT2D eigenvalue weighted by Crippen LogP contribution is 2.34. The summed E-state index contributed by atoms with van der Waals surface area (Å²) < 4.78 is 17.9. The molecule has 0 spiro atoms. The molecule has 3 aromatic carbocycles. The Hall–Kier alpha value is -4.85. The molecule has 36 heavy (non-hydrogen) atoms.